The van der Waals surface area contributed by atoms with Crippen LogP contribution in [0.4, 0.5) is 5.69 Å². The maximum atomic E-state index is 10.3. The molecule has 60 valence electrons. The molecule has 1 aromatic heterocycles. The van der Waals surface area contributed by atoms with E-state index in [-0.39, 0.29) is 0 Å². The molecule has 0 bridgehead atoms. The Morgan fingerprint density at radius 1 is 1.42 bits per heavy atom. The van der Waals surface area contributed by atoms with Gasteiger partial charge in [-0.3, -0.25) is 0 Å². The number of hydrogen-bond acceptors (Lipinski definition) is 2. The number of rotatable bonds is 1. The molecule has 1 N–H and O–H groups in total. The lowest BCUT2D eigenvalue weighted by atomic mass is 10.2. The SMILES string of the molecule is O=Nc1c[nH]c2ccc(Cl)cc12. The van der Waals surface area contributed by atoms with Gasteiger partial charge in [-0.05, 0) is 23.4 Å². The van der Waals surface area contributed by atoms with E-state index in [1.54, 1.807) is 18.3 Å². The highest BCUT2D eigenvalue weighted by Gasteiger charge is 2.02. The van der Waals surface area contributed by atoms with Gasteiger partial charge in [0, 0.05) is 22.1 Å². The van der Waals surface area contributed by atoms with Crippen LogP contribution in [0.1, 0.15) is 0 Å². The number of nitrogens with one attached hydrogen (secondary N) is 1. The van der Waals surface area contributed by atoms with Crippen LogP contribution in [0.25, 0.3) is 10.9 Å². The molecule has 12 heavy (non-hydrogen) atoms. The third-order valence-electron chi connectivity index (χ3n) is 1.72. The number of fused-ring (bicyclic) bond motifs is 1. The topological polar surface area (TPSA) is 45.2 Å². The third kappa shape index (κ3) is 0.987. The molecule has 0 amide bonds. The quantitative estimate of drug-likeness (QED) is 0.673. The molecule has 0 fully saturated rings. The zero-order valence-electron chi connectivity index (χ0n) is 6.04. The van der Waals surface area contributed by atoms with Gasteiger partial charge in [0.05, 0.1) is 0 Å². The second-order valence-corrected chi connectivity index (χ2v) is 2.89. The van der Waals surface area contributed by atoms with E-state index in [9.17, 15) is 4.91 Å². The number of nitrogens with zero attached hydrogens (tertiary/aromatic N) is 1. The van der Waals surface area contributed by atoms with Crippen LogP contribution >= 0.6 is 11.6 Å². The molecule has 0 unspecified atom stereocenters. The first-order valence-corrected chi connectivity index (χ1v) is 3.79. The molecule has 0 saturated carbocycles. The van der Waals surface area contributed by atoms with Gasteiger partial charge in [-0.1, -0.05) is 11.6 Å². The fraction of sp³-hybridized carbons (Fsp3) is 0. The van der Waals surface area contributed by atoms with Crippen LogP contribution in [-0.2, 0) is 0 Å². The van der Waals surface area contributed by atoms with Gasteiger partial charge >= 0.3 is 0 Å². The molecule has 0 saturated heterocycles. The molecule has 0 atom stereocenters. The average molecular weight is 181 g/mol. The number of aromatic amines is 1. The second-order valence-electron chi connectivity index (χ2n) is 2.46. The van der Waals surface area contributed by atoms with Crippen LogP contribution in [-0.4, -0.2) is 4.98 Å². The monoisotopic (exact) mass is 180 g/mol. The highest BCUT2D eigenvalue weighted by Crippen LogP contribution is 2.27. The number of halogens is 1. The summed E-state index contributed by atoms with van der Waals surface area (Å²) in [5.41, 5.74) is 1.27. The van der Waals surface area contributed by atoms with E-state index in [0.29, 0.717) is 10.7 Å². The number of nitroso groups, excluding NO2 is 1. The van der Waals surface area contributed by atoms with Gasteiger partial charge in [-0.25, -0.2) is 0 Å². The summed E-state index contributed by atoms with van der Waals surface area (Å²) in [5, 5.41) is 4.23. The summed E-state index contributed by atoms with van der Waals surface area (Å²) in [7, 11) is 0. The zero-order chi connectivity index (χ0) is 8.55. The molecule has 0 aliphatic heterocycles. The predicted octanol–water partition coefficient (Wildman–Crippen LogP) is 3.22. The van der Waals surface area contributed by atoms with Gasteiger partial charge in [0.15, 0.2) is 0 Å². The minimum absolute atomic E-state index is 0.396. The lowest BCUT2D eigenvalue weighted by molar-refractivity contribution is 1.44. The Morgan fingerprint density at radius 2 is 2.25 bits per heavy atom. The first kappa shape index (κ1) is 7.31. The fourth-order valence-corrected chi connectivity index (χ4v) is 1.33. The van der Waals surface area contributed by atoms with E-state index in [1.165, 1.54) is 0 Å². The van der Waals surface area contributed by atoms with E-state index < -0.39 is 0 Å². The van der Waals surface area contributed by atoms with Crippen molar-refractivity contribution in [1.29, 1.82) is 0 Å². The van der Waals surface area contributed by atoms with Crippen molar-refractivity contribution in [3.63, 3.8) is 0 Å². The Labute approximate surface area is 73.3 Å². The van der Waals surface area contributed by atoms with Crippen molar-refractivity contribution >= 4 is 28.2 Å². The average Bonchev–Trinajstić information content (AvgIpc) is 2.46. The van der Waals surface area contributed by atoms with Crippen LogP contribution in [0.3, 0.4) is 0 Å². The Kier molecular flexibility index (Phi) is 1.59. The standard InChI is InChI=1S/C8H5ClN2O/c9-5-1-2-7-6(3-5)8(11-12)4-10-7/h1-4,10H. The van der Waals surface area contributed by atoms with Crippen molar-refractivity contribution in [2.75, 3.05) is 0 Å². The molecule has 4 heteroatoms. The van der Waals surface area contributed by atoms with Crippen LogP contribution in [0.15, 0.2) is 29.6 Å². The smallest absolute Gasteiger partial charge is 0.133 e. The summed E-state index contributed by atoms with van der Waals surface area (Å²) in [6.07, 6.45) is 1.56. The zero-order valence-corrected chi connectivity index (χ0v) is 6.80. The lowest BCUT2D eigenvalue weighted by Gasteiger charge is -1.90. The largest absolute Gasteiger partial charge is 0.359 e. The Hall–Kier alpha value is -1.35. The van der Waals surface area contributed by atoms with E-state index in [1.807, 2.05) is 6.07 Å². The molecular weight excluding hydrogens is 176 g/mol. The van der Waals surface area contributed by atoms with Gasteiger partial charge in [-0.2, -0.15) is 0 Å². The minimum atomic E-state index is 0.396. The Balaban J connectivity index is 2.83. The highest BCUT2D eigenvalue weighted by molar-refractivity contribution is 6.31. The van der Waals surface area contributed by atoms with Crippen LogP contribution < -0.4 is 0 Å². The Bertz CT molecular complexity index is 436. The summed E-state index contributed by atoms with van der Waals surface area (Å²) >= 11 is 5.75. The normalized spacial score (nSPS) is 10.4. The van der Waals surface area contributed by atoms with Crippen LogP contribution in [0, 0.1) is 4.91 Å². The lowest BCUT2D eigenvalue weighted by Crippen LogP contribution is -1.66. The highest BCUT2D eigenvalue weighted by atomic mass is 35.5. The molecule has 1 aromatic carbocycles. The van der Waals surface area contributed by atoms with E-state index in [4.69, 9.17) is 11.6 Å². The fourth-order valence-electron chi connectivity index (χ4n) is 1.15. The van der Waals surface area contributed by atoms with E-state index >= 15 is 0 Å². The Morgan fingerprint density at radius 3 is 3.00 bits per heavy atom. The molecule has 0 aliphatic carbocycles. The minimum Gasteiger partial charge on any atom is -0.359 e. The van der Waals surface area contributed by atoms with Crippen molar-refractivity contribution in [1.82, 2.24) is 4.98 Å². The van der Waals surface area contributed by atoms with Gasteiger partial charge in [-0.15, -0.1) is 4.91 Å². The van der Waals surface area contributed by atoms with Gasteiger partial charge in [0.25, 0.3) is 0 Å². The summed E-state index contributed by atoms with van der Waals surface area (Å²) in [6.45, 7) is 0. The van der Waals surface area contributed by atoms with Crippen LogP contribution in [0.2, 0.25) is 5.02 Å². The summed E-state index contributed by atoms with van der Waals surface area (Å²) in [6, 6.07) is 5.28. The molecule has 3 nitrogen and oxygen atoms in total. The molecule has 1 heterocycles. The van der Waals surface area contributed by atoms with Gasteiger partial charge < -0.3 is 4.98 Å². The maximum Gasteiger partial charge on any atom is 0.133 e. The first-order chi connectivity index (χ1) is 5.81. The van der Waals surface area contributed by atoms with Crippen LogP contribution in [0.5, 0.6) is 0 Å². The van der Waals surface area contributed by atoms with Gasteiger partial charge in [0.1, 0.15) is 5.69 Å². The van der Waals surface area contributed by atoms with Crippen molar-refractivity contribution in [3.05, 3.63) is 34.3 Å². The first-order valence-electron chi connectivity index (χ1n) is 3.41. The summed E-state index contributed by atoms with van der Waals surface area (Å²) in [5.74, 6) is 0. The van der Waals surface area contributed by atoms with Gasteiger partial charge in [0.2, 0.25) is 0 Å². The van der Waals surface area contributed by atoms with Crippen molar-refractivity contribution in [2.24, 2.45) is 5.18 Å². The second kappa shape index (κ2) is 2.60. The van der Waals surface area contributed by atoms with E-state index in [2.05, 4.69) is 10.2 Å². The van der Waals surface area contributed by atoms with Crippen molar-refractivity contribution < 1.29 is 0 Å². The van der Waals surface area contributed by atoms with Crippen molar-refractivity contribution in [3.8, 4) is 0 Å². The number of aromatic nitrogens is 1. The molecular formula is C8H5ClN2O. The van der Waals surface area contributed by atoms with E-state index in [0.717, 1.165) is 10.9 Å². The molecule has 2 aromatic rings. The molecule has 2 rings (SSSR count). The molecule has 0 radical (unpaired) electrons. The molecule has 0 spiro atoms. The third-order valence-corrected chi connectivity index (χ3v) is 1.96. The molecule has 0 aliphatic rings. The predicted molar refractivity (Wildman–Crippen MR) is 48.8 cm³/mol. The number of hydrogen-bond donors (Lipinski definition) is 1. The number of benzene rings is 1. The number of H-pyrrole nitrogens is 1. The summed E-state index contributed by atoms with van der Waals surface area (Å²) < 4.78 is 0. The summed E-state index contributed by atoms with van der Waals surface area (Å²) in [4.78, 5) is 13.2. The maximum absolute atomic E-state index is 10.3. The van der Waals surface area contributed by atoms with Crippen molar-refractivity contribution in [2.45, 2.75) is 0 Å².